The topological polar surface area (TPSA) is 116 Å². The van der Waals surface area contributed by atoms with E-state index in [4.69, 9.17) is 15.5 Å². The number of anilines is 2. The van der Waals surface area contributed by atoms with Crippen molar-refractivity contribution in [2.45, 2.75) is 13.1 Å². The number of methoxy groups -OCH3 is 1. The Labute approximate surface area is 184 Å². The lowest BCUT2D eigenvalue weighted by Crippen LogP contribution is -2.17. The van der Waals surface area contributed by atoms with Crippen LogP contribution >= 0.6 is 0 Å². The number of rotatable bonds is 5. The van der Waals surface area contributed by atoms with Gasteiger partial charge in [0.25, 0.3) is 0 Å². The summed E-state index contributed by atoms with van der Waals surface area (Å²) in [4.78, 5) is 28.4. The van der Waals surface area contributed by atoms with Crippen molar-refractivity contribution in [2.75, 3.05) is 17.7 Å². The average Bonchev–Trinajstić information content (AvgIpc) is 3.26. The Hall–Kier alpha value is -4.40. The molecular formula is C23H20N8O. The molecule has 1 aliphatic heterocycles. The van der Waals surface area contributed by atoms with Crippen molar-refractivity contribution < 1.29 is 4.74 Å². The van der Waals surface area contributed by atoms with Gasteiger partial charge in [0.05, 0.1) is 18.5 Å². The molecule has 32 heavy (non-hydrogen) atoms. The van der Waals surface area contributed by atoms with Gasteiger partial charge in [0.2, 0.25) is 11.9 Å². The Morgan fingerprint density at radius 3 is 2.41 bits per heavy atom. The second-order valence-electron chi connectivity index (χ2n) is 7.21. The summed E-state index contributed by atoms with van der Waals surface area (Å²) in [5, 5.41) is 0. The first kappa shape index (κ1) is 19.6. The SMILES string of the molecule is COc1ccc2c(c1)CN(c1nccc(-c3nccc(/C=C/c4ccnc(N)n4)n3)n1)C2. The number of nitrogens with zero attached hydrogens (tertiary/aromatic N) is 7. The van der Waals surface area contributed by atoms with Gasteiger partial charge in [0.1, 0.15) is 11.4 Å². The van der Waals surface area contributed by atoms with E-state index >= 15 is 0 Å². The van der Waals surface area contributed by atoms with Crippen LogP contribution in [0.4, 0.5) is 11.9 Å². The maximum Gasteiger partial charge on any atom is 0.226 e. The van der Waals surface area contributed by atoms with E-state index in [2.05, 4.69) is 42.0 Å². The largest absolute Gasteiger partial charge is 0.497 e. The Morgan fingerprint density at radius 2 is 1.59 bits per heavy atom. The van der Waals surface area contributed by atoms with Gasteiger partial charge in [-0.05, 0) is 53.6 Å². The number of hydrogen-bond acceptors (Lipinski definition) is 9. The fourth-order valence-electron chi connectivity index (χ4n) is 3.51. The molecule has 4 heterocycles. The molecule has 2 N–H and O–H groups in total. The van der Waals surface area contributed by atoms with E-state index in [0.717, 1.165) is 24.5 Å². The van der Waals surface area contributed by atoms with Gasteiger partial charge in [-0.2, -0.15) is 0 Å². The van der Waals surface area contributed by atoms with E-state index in [9.17, 15) is 0 Å². The van der Waals surface area contributed by atoms with Crippen molar-refractivity contribution in [1.82, 2.24) is 29.9 Å². The molecule has 0 saturated heterocycles. The van der Waals surface area contributed by atoms with Gasteiger partial charge in [0, 0.05) is 31.7 Å². The molecule has 1 aliphatic rings. The van der Waals surface area contributed by atoms with Crippen LogP contribution in [-0.4, -0.2) is 37.0 Å². The predicted octanol–water partition coefficient (Wildman–Crippen LogP) is 3.01. The van der Waals surface area contributed by atoms with Crippen molar-refractivity contribution in [3.63, 3.8) is 0 Å². The highest BCUT2D eigenvalue weighted by atomic mass is 16.5. The highest BCUT2D eigenvalue weighted by Gasteiger charge is 2.22. The number of benzene rings is 1. The van der Waals surface area contributed by atoms with Crippen molar-refractivity contribution in [3.05, 3.63) is 77.5 Å². The Bertz CT molecular complexity index is 1310. The quantitative estimate of drug-likeness (QED) is 0.516. The monoisotopic (exact) mass is 424 g/mol. The number of nitrogens with two attached hydrogens (primary N) is 1. The summed E-state index contributed by atoms with van der Waals surface area (Å²) in [6, 6.07) is 11.5. The predicted molar refractivity (Wildman–Crippen MR) is 121 cm³/mol. The second-order valence-corrected chi connectivity index (χ2v) is 7.21. The summed E-state index contributed by atoms with van der Waals surface area (Å²) in [5.41, 5.74) is 10.2. The third-order valence-corrected chi connectivity index (χ3v) is 5.09. The van der Waals surface area contributed by atoms with Gasteiger partial charge < -0.3 is 15.4 Å². The average molecular weight is 424 g/mol. The normalized spacial score (nSPS) is 12.8. The van der Waals surface area contributed by atoms with Crippen molar-refractivity contribution in [3.8, 4) is 17.3 Å². The minimum Gasteiger partial charge on any atom is -0.497 e. The number of aromatic nitrogens is 6. The molecule has 0 spiro atoms. The van der Waals surface area contributed by atoms with Gasteiger partial charge in [-0.1, -0.05) is 6.07 Å². The lowest BCUT2D eigenvalue weighted by Gasteiger charge is -2.15. The van der Waals surface area contributed by atoms with Crippen LogP contribution in [-0.2, 0) is 13.1 Å². The van der Waals surface area contributed by atoms with Crippen LogP contribution in [0.25, 0.3) is 23.7 Å². The fraction of sp³-hybridized carbons (Fsp3) is 0.130. The van der Waals surface area contributed by atoms with E-state index in [1.165, 1.54) is 11.1 Å². The van der Waals surface area contributed by atoms with Crippen molar-refractivity contribution >= 4 is 24.0 Å². The summed E-state index contributed by atoms with van der Waals surface area (Å²) in [5.74, 6) is 2.24. The molecule has 158 valence electrons. The van der Waals surface area contributed by atoms with Crippen LogP contribution in [0.3, 0.4) is 0 Å². The van der Waals surface area contributed by atoms with Crippen LogP contribution < -0.4 is 15.4 Å². The van der Waals surface area contributed by atoms with E-state index in [1.807, 2.05) is 30.4 Å². The maximum absolute atomic E-state index is 5.63. The number of nitrogen functional groups attached to an aromatic ring is 1. The molecule has 5 rings (SSSR count). The second kappa shape index (κ2) is 8.38. The smallest absolute Gasteiger partial charge is 0.226 e. The van der Waals surface area contributed by atoms with E-state index in [1.54, 1.807) is 31.8 Å². The van der Waals surface area contributed by atoms with Crippen LogP contribution in [0.1, 0.15) is 22.5 Å². The molecule has 0 aliphatic carbocycles. The molecule has 0 unspecified atom stereocenters. The molecule has 3 aromatic heterocycles. The van der Waals surface area contributed by atoms with Crippen LogP contribution in [0.5, 0.6) is 5.75 Å². The summed E-state index contributed by atoms with van der Waals surface area (Å²) in [7, 11) is 1.67. The Kier molecular flexibility index (Phi) is 5.12. The van der Waals surface area contributed by atoms with Gasteiger partial charge in [0.15, 0.2) is 5.82 Å². The summed E-state index contributed by atoms with van der Waals surface area (Å²) >= 11 is 0. The zero-order chi connectivity index (χ0) is 21.9. The number of ether oxygens (including phenoxy) is 1. The third-order valence-electron chi connectivity index (χ3n) is 5.09. The lowest BCUT2D eigenvalue weighted by molar-refractivity contribution is 0.414. The first-order valence-electron chi connectivity index (χ1n) is 10.0. The van der Waals surface area contributed by atoms with E-state index < -0.39 is 0 Å². The number of hydrogen-bond donors (Lipinski definition) is 1. The van der Waals surface area contributed by atoms with E-state index in [0.29, 0.717) is 23.2 Å². The summed E-state index contributed by atoms with van der Waals surface area (Å²) in [6.07, 6.45) is 8.72. The summed E-state index contributed by atoms with van der Waals surface area (Å²) < 4.78 is 5.34. The first-order chi connectivity index (χ1) is 15.7. The molecule has 1 aromatic carbocycles. The molecule has 4 aromatic rings. The highest BCUT2D eigenvalue weighted by Crippen LogP contribution is 2.29. The van der Waals surface area contributed by atoms with Crippen LogP contribution in [0.15, 0.2) is 55.0 Å². The lowest BCUT2D eigenvalue weighted by atomic mass is 10.1. The summed E-state index contributed by atoms with van der Waals surface area (Å²) in [6.45, 7) is 1.47. The van der Waals surface area contributed by atoms with Gasteiger partial charge in [-0.3, -0.25) is 0 Å². The molecule has 0 bridgehead atoms. The minimum absolute atomic E-state index is 0.228. The van der Waals surface area contributed by atoms with Crippen LogP contribution in [0, 0.1) is 0 Å². The minimum atomic E-state index is 0.228. The number of fused-ring (bicyclic) bond motifs is 1. The van der Waals surface area contributed by atoms with E-state index in [-0.39, 0.29) is 5.95 Å². The molecule has 0 atom stereocenters. The van der Waals surface area contributed by atoms with Gasteiger partial charge in [-0.15, -0.1) is 0 Å². The van der Waals surface area contributed by atoms with Gasteiger partial charge >= 0.3 is 0 Å². The molecular weight excluding hydrogens is 404 g/mol. The zero-order valence-electron chi connectivity index (χ0n) is 17.4. The molecule has 9 nitrogen and oxygen atoms in total. The van der Waals surface area contributed by atoms with Crippen molar-refractivity contribution in [1.29, 1.82) is 0 Å². The molecule has 0 radical (unpaired) electrons. The first-order valence-corrected chi connectivity index (χ1v) is 10.0. The Morgan fingerprint density at radius 1 is 0.844 bits per heavy atom. The molecule has 9 heteroatoms. The maximum atomic E-state index is 5.63. The third kappa shape index (κ3) is 4.08. The van der Waals surface area contributed by atoms with Gasteiger partial charge in [-0.25, -0.2) is 29.9 Å². The zero-order valence-corrected chi connectivity index (χ0v) is 17.4. The Balaban J connectivity index is 1.37. The highest BCUT2D eigenvalue weighted by molar-refractivity contribution is 5.67. The van der Waals surface area contributed by atoms with Crippen molar-refractivity contribution in [2.24, 2.45) is 0 Å². The fourth-order valence-corrected chi connectivity index (χ4v) is 3.51. The molecule has 0 amide bonds. The molecule has 0 fully saturated rings. The standard InChI is InChI=1S/C23H20N8O/c1-32-19-5-2-15-13-31(14-16(15)12-19)23-27-11-8-20(30-23)21-25-9-6-17(28-21)3-4-18-7-10-26-22(24)29-18/h2-12H,13-14H2,1H3,(H2,24,26,29)/b4-3+. The van der Waals surface area contributed by atoms with Crippen LogP contribution in [0.2, 0.25) is 0 Å². The molecule has 0 saturated carbocycles.